The lowest BCUT2D eigenvalue weighted by molar-refractivity contribution is 0.0526. The van der Waals surface area contributed by atoms with Crippen LogP contribution in [0, 0.1) is 6.92 Å². The van der Waals surface area contributed by atoms with E-state index in [0.29, 0.717) is 12.2 Å². The molecule has 0 aliphatic rings. The monoisotopic (exact) mass is 258 g/mol. The van der Waals surface area contributed by atoms with Crippen molar-refractivity contribution in [3.8, 4) is 0 Å². The number of aromatic nitrogens is 2. The van der Waals surface area contributed by atoms with Crippen LogP contribution in [0.25, 0.3) is 0 Å². The van der Waals surface area contributed by atoms with E-state index in [1.807, 2.05) is 0 Å². The summed E-state index contributed by atoms with van der Waals surface area (Å²) in [6.07, 6.45) is 4.17. The van der Waals surface area contributed by atoms with Gasteiger partial charge in [0.15, 0.2) is 0 Å². The van der Waals surface area contributed by atoms with Crippen LogP contribution in [0.5, 0.6) is 0 Å². The molecular formula is C15H18N2O2. The molecule has 0 atom stereocenters. The Morgan fingerprint density at radius 2 is 2.05 bits per heavy atom. The number of ether oxygens (including phenoxy) is 1. The van der Waals surface area contributed by atoms with Crippen molar-refractivity contribution < 1.29 is 9.53 Å². The van der Waals surface area contributed by atoms with Gasteiger partial charge in [-0.05, 0) is 25.8 Å². The highest BCUT2D eigenvalue weighted by atomic mass is 16.5. The first-order valence-electron chi connectivity index (χ1n) is 6.44. The summed E-state index contributed by atoms with van der Waals surface area (Å²) in [5, 5.41) is 4.17. The highest BCUT2D eigenvalue weighted by Gasteiger charge is 2.08. The standard InChI is InChI=1S/C15H18N2O2/c1-3-19-15(18)14-10-16-17(11-14)9-8-13-6-4-12(2)5-7-13/h4-7,10-11H,3,8-9H2,1-2H3. The number of nitrogens with zero attached hydrogens (tertiary/aromatic N) is 2. The Hall–Kier alpha value is -2.10. The third kappa shape index (κ3) is 3.68. The summed E-state index contributed by atoms with van der Waals surface area (Å²) in [5.74, 6) is -0.316. The van der Waals surface area contributed by atoms with Crippen LogP contribution in [0.4, 0.5) is 0 Å². The first-order chi connectivity index (χ1) is 9.19. The second kappa shape index (κ2) is 6.18. The zero-order valence-corrected chi connectivity index (χ0v) is 11.3. The van der Waals surface area contributed by atoms with Gasteiger partial charge >= 0.3 is 5.97 Å². The van der Waals surface area contributed by atoms with Crippen molar-refractivity contribution in [2.45, 2.75) is 26.8 Å². The lowest BCUT2D eigenvalue weighted by atomic mass is 10.1. The number of hydrogen-bond donors (Lipinski definition) is 0. The third-order valence-corrected chi connectivity index (χ3v) is 2.89. The second-order valence-electron chi connectivity index (χ2n) is 4.45. The van der Waals surface area contributed by atoms with E-state index in [4.69, 9.17) is 4.74 Å². The van der Waals surface area contributed by atoms with Gasteiger partial charge in [0.25, 0.3) is 0 Å². The van der Waals surface area contributed by atoms with Gasteiger partial charge in [0.2, 0.25) is 0 Å². The first kappa shape index (κ1) is 13.3. The maximum Gasteiger partial charge on any atom is 0.341 e. The minimum absolute atomic E-state index is 0.316. The van der Waals surface area contributed by atoms with Crippen LogP contribution >= 0.6 is 0 Å². The normalized spacial score (nSPS) is 10.4. The molecule has 4 heteroatoms. The quantitative estimate of drug-likeness (QED) is 0.774. The first-order valence-corrected chi connectivity index (χ1v) is 6.44. The van der Waals surface area contributed by atoms with Gasteiger partial charge < -0.3 is 4.74 Å². The Morgan fingerprint density at radius 1 is 1.32 bits per heavy atom. The predicted octanol–water partition coefficient (Wildman–Crippen LogP) is 2.61. The molecule has 0 saturated carbocycles. The van der Waals surface area contributed by atoms with E-state index in [-0.39, 0.29) is 5.97 Å². The number of carbonyl (C=O) groups excluding carboxylic acids is 1. The maximum atomic E-state index is 11.5. The van der Waals surface area contributed by atoms with Crippen molar-refractivity contribution >= 4 is 5.97 Å². The summed E-state index contributed by atoms with van der Waals surface area (Å²) in [7, 11) is 0. The second-order valence-corrected chi connectivity index (χ2v) is 4.45. The maximum absolute atomic E-state index is 11.5. The van der Waals surface area contributed by atoms with Gasteiger partial charge in [-0.1, -0.05) is 29.8 Å². The number of aryl methyl sites for hydroxylation is 3. The van der Waals surface area contributed by atoms with Gasteiger partial charge in [0.05, 0.1) is 18.4 Å². The largest absolute Gasteiger partial charge is 0.462 e. The van der Waals surface area contributed by atoms with E-state index in [2.05, 4.69) is 36.3 Å². The number of esters is 1. The van der Waals surface area contributed by atoms with Gasteiger partial charge in [0.1, 0.15) is 0 Å². The fourth-order valence-corrected chi connectivity index (χ4v) is 1.80. The lowest BCUT2D eigenvalue weighted by Crippen LogP contribution is -2.04. The van der Waals surface area contributed by atoms with Crippen LogP contribution in [-0.2, 0) is 17.7 Å². The predicted molar refractivity (Wildman–Crippen MR) is 73.1 cm³/mol. The molecule has 0 aliphatic heterocycles. The Balaban J connectivity index is 1.93. The summed E-state index contributed by atoms with van der Waals surface area (Å²) in [4.78, 5) is 11.5. The summed E-state index contributed by atoms with van der Waals surface area (Å²) in [5.41, 5.74) is 3.02. The molecule has 1 aromatic carbocycles. The molecule has 0 unspecified atom stereocenters. The van der Waals surface area contributed by atoms with Crippen molar-refractivity contribution in [3.05, 3.63) is 53.3 Å². The van der Waals surface area contributed by atoms with Crippen molar-refractivity contribution in [1.29, 1.82) is 0 Å². The Labute approximate surface area is 113 Å². The van der Waals surface area contributed by atoms with E-state index >= 15 is 0 Å². The minimum Gasteiger partial charge on any atom is -0.462 e. The fraction of sp³-hybridized carbons (Fsp3) is 0.333. The Morgan fingerprint density at radius 3 is 2.74 bits per heavy atom. The smallest absolute Gasteiger partial charge is 0.341 e. The third-order valence-electron chi connectivity index (χ3n) is 2.89. The van der Waals surface area contributed by atoms with Gasteiger partial charge in [-0.15, -0.1) is 0 Å². The van der Waals surface area contributed by atoms with Crippen molar-refractivity contribution in [2.75, 3.05) is 6.61 Å². The molecule has 0 bridgehead atoms. The van der Waals surface area contributed by atoms with Crippen LogP contribution in [0.3, 0.4) is 0 Å². The van der Waals surface area contributed by atoms with E-state index in [0.717, 1.165) is 13.0 Å². The van der Waals surface area contributed by atoms with E-state index in [9.17, 15) is 4.79 Å². The molecule has 0 spiro atoms. The molecule has 0 fully saturated rings. The Kier molecular flexibility index (Phi) is 4.34. The molecule has 100 valence electrons. The molecule has 1 aromatic heterocycles. The van der Waals surface area contributed by atoms with Crippen LogP contribution in [0.2, 0.25) is 0 Å². The molecule has 0 N–H and O–H groups in total. The average molecular weight is 258 g/mol. The van der Waals surface area contributed by atoms with Crippen LogP contribution in [-0.4, -0.2) is 22.4 Å². The van der Waals surface area contributed by atoms with Crippen molar-refractivity contribution in [3.63, 3.8) is 0 Å². The van der Waals surface area contributed by atoms with Gasteiger partial charge in [-0.25, -0.2) is 4.79 Å². The SMILES string of the molecule is CCOC(=O)c1cnn(CCc2ccc(C)cc2)c1. The number of carbonyl (C=O) groups is 1. The topological polar surface area (TPSA) is 44.1 Å². The molecular weight excluding hydrogens is 240 g/mol. The number of rotatable bonds is 5. The molecule has 0 amide bonds. The minimum atomic E-state index is -0.316. The molecule has 0 radical (unpaired) electrons. The molecule has 4 nitrogen and oxygen atoms in total. The molecule has 0 saturated heterocycles. The summed E-state index contributed by atoms with van der Waals surface area (Å²) in [6, 6.07) is 8.43. The van der Waals surface area contributed by atoms with Gasteiger partial charge in [0, 0.05) is 12.7 Å². The van der Waals surface area contributed by atoms with Crippen molar-refractivity contribution in [1.82, 2.24) is 9.78 Å². The molecule has 2 aromatic rings. The van der Waals surface area contributed by atoms with E-state index in [1.165, 1.54) is 11.1 Å². The van der Waals surface area contributed by atoms with Gasteiger partial charge in [-0.3, -0.25) is 4.68 Å². The Bertz CT molecular complexity index is 544. The number of hydrogen-bond acceptors (Lipinski definition) is 3. The highest BCUT2D eigenvalue weighted by Crippen LogP contribution is 2.06. The summed E-state index contributed by atoms with van der Waals surface area (Å²) < 4.78 is 6.69. The number of benzene rings is 1. The molecule has 0 aliphatic carbocycles. The fourth-order valence-electron chi connectivity index (χ4n) is 1.80. The highest BCUT2D eigenvalue weighted by molar-refractivity contribution is 5.88. The molecule has 1 heterocycles. The summed E-state index contributed by atoms with van der Waals surface area (Å²) in [6.45, 7) is 5.00. The zero-order valence-electron chi connectivity index (χ0n) is 11.3. The van der Waals surface area contributed by atoms with Crippen LogP contribution in [0.1, 0.15) is 28.4 Å². The van der Waals surface area contributed by atoms with E-state index < -0.39 is 0 Å². The summed E-state index contributed by atoms with van der Waals surface area (Å²) >= 11 is 0. The lowest BCUT2D eigenvalue weighted by Gasteiger charge is -2.02. The molecule has 19 heavy (non-hydrogen) atoms. The average Bonchev–Trinajstić information content (AvgIpc) is 2.87. The molecule has 2 rings (SSSR count). The van der Waals surface area contributed by atoms with Gasteiger partial charge in [-0.2, -0.15) is 5.10 Å². The zero-order chi connectivity index (χ0) is 13.7. The van der Waals surface area contributed by atoms with E-state index in [1.54, 1.807) is 24.0 Å². The van der Waals surface area contributed by atoms with Crippen LogP contribution < -0.4 is 0 Å². The van der Waals surface area contributed by atoms with Crippen molar-refractivity contribution in [2.24, 2.45) is 0 Å². The van der Waals surface area contributed by atoms with Crippen LogP contribution in [0.15, 0.2) is 36.7 Å².